The second-order valence-corrected chi connectivity index (χ2v) is 5.32. The Morgan fingerprint density at radius 2 is 2.00 bits per heavy atom. The van der Waals surface area contributed by atoms with E-state index in [0.29, 0.717) is 12.1 Å². The second kappa shape index (κ2) is 7.45. The van der Waals surface area contributed by atoms with Crippen LogP contribution in [0, 0.1) is 5.92 Å². The number of hydrogen-bond donors (Lipinski definition) is 2. The first-order valence-corrected chi connectivity index (χ1v) is 6.78. The van der Waals surface area contributed by atoms with Crippen molar-refractivity contribution in [3.05, 3.63) is 35.4 Å². The molecule has 1 aromatic carbocycles. The SMILES string of the molecule is CC(CO)CNC(=O)CC(C)c1cccc(C(F)(F)F)c1. The van der Waals surface area contributed by atoms with Crippen molar-refractivity contribution in [1.82, 2.24) is 5.32 Å². The van der Waals surface area contributed by atoms with Gasteiger partial charge in [-0.25, -0.2) is 0 Å². The maximum absolute atomic E-state index is 12.6. The van der Waals surface area contributed by atoms with Crippen LogP contribution in [0.2, 0.25) is 0 Å². The molecule has 6 heteroatoms. The number of aliphatic hydroxyl groups excluding tert-OH is 1. The molecule has 2 N–H and O–H groups in total. The van der Waals surface area contributed by atoms with Crippen molar-refractivity contribution in [2.75, 3.05) is 13.2 Å². The standard InChI is InChI=1S/C15H20F3NO2/c1-10(9-20)8-19-14(21)6-11(2)12-4-3-5-13(7-12)15(16,17)18/h3-5,7,10-11,20H,6,8-9H2,1-2H3,(H,19,21). The van der Waals surface area contributed by atoms with E-state index < -0.39 is 11.7 Å². The Labute approximate surface area is 122 Å². The molecule has 0 aliphatic heterocycles. The normalized spacial score (nSPS) is 14.6. The van der Waals surface area contributed by atoms with Crippen molar-refractivity contribution in [3.8, 4) is 0 Å². The molecule has 0 aromatic heterocycles. The molecule has 1 amide bonds. The van der Waals surface area contributed by atoms with E-state index in [1.54, 1.807) is 19.9 Å². The Balaban J connectivity index is 2.63. The largest absolute Gasteiger partial charge is 0.416 e. The highest BCUT2D eigenvalue weighted by Crippen LogP contribution is 2.31. The van der Waals surface area contributed by atoms with Gasteiger partial charge in [0.1, 0.15) is 0 Å². The highest BCUT2D eigenvalue weighted by Gasteiger charge is 2.30. The number of hydrogen-bond acceptors (Lipinski definition) is 2. The third-order valence-corrected chi connectivity index (χ3v) is 3.23. The number of alkyl halides is 3. The summed E-state index contributed by atoms with van der Waals surface area (Å²) in [5.74, 6) is -0.588. The highest BCUT2D eigenvalue weighted by atomic mass is 19.4. The molecule has 0 aliphatic carbocycles. The fourth-order valence-electron chi connectivity index (χ4n) is 1.84. The molecular formula is C15H20F3NO2. The van der Waals surface area contributed by atoms with Crippen LogP contribution in [0.15, 0.2) is 24.3 Å². The summed E-state index contributed by atoms with van der Waals surface area (Å²) in [5.41, 5.74) is -0.226. The third-order valence-electron chi connectivity index (χ3n) is 3.23. The lowest BCUT2D eigenvalue weighted by atomic mass is 9.95. The van der Waals surface area contributed by atoms with Gasteiger partial charge in [0, 0.05) is 19.6 Å². The van der Waals surface area contributed by atoms with Gasteiger partial charge in [0.25, 0.3) is 0 Å². The number of benzene rings is 1. The first kappa shape index (κ1) is 17.5. The van der Waals surface area contributed by atoms with Gasteiger partial charge in [-0.2, -0.15) is 13.2 Å². The van der Waals surface area contributed by atoms with Gasteiger partial charge >= 0.3 is 6.18 Å². The first-order valence-electron chi connectivity index (χ1n) is 6.78. The molecule has 0 radical (unpaired) electrons. The van der Waals surface area contributed by atoms with Crippen LogP contribution in [-0.2, 0) is 11.0 Å². The van der Waals surface area contributed by atoms with Crippen LogP contribution in [0.5, 0.6) is 0 Å². The van der Waals surface area contributed by atoms with E-state index >= 15 is 0 Å². The summed E-state index contributed by atoms with van der Waals surface area (Å²) >= 11 is 0. The number of rotatable bonds is 6. The van der Waals surface area contributed by atoms with Gasteiger partial charge in [-0.3, -0.25) is 4.79 Å². The molecule has 2 atom stereocenters. The predicted octanol–water partition coefficient (Wildman–Crippen LogP) is 2.94. The number of halogens is 3. The number of carbonyl (C=O) groups excluding carboxylic acids is 1. The molecular weight excluding hydrogens is 283 g/mol. The van der Waals surface area contributed by atoms with E-state index in [-0.39, 0.29) is 30.8 Å². The van der Waals surface area contributed by atoms with Gasteiger partial charge in [-0.1, -0.05) is 32.0 Å². The average molecular weight is 303 g/mol. The molecule has 0 bridgehead atoms. The minimum atomic E-state index is -4.38. The highest BCUT2D eigenvalue weighted by molar-refractivity contribution is 5.76. The summed E-state index contributed by atoms with van der Waals surface area (Å²) in [5, 5.41) is 11.5. The monoisotopic (exact) mass is 303 g/mol. The smallest absolute Gasteiger partial charge is 0.396 e. The van der Waals surface area contributed by atoms with Crippen LogP contribution in [0.25, 0.3) is 0 Å². The van der Waals surface area contributed by atoms with Crippen LogP contribution in [0.1, 0.15) is 37.3 Å². The summed E-state index contributed by atoms with van der Waals surface area (Å²) in [4.78, 5) is 11.7. The van der Waals surface area contributed by atoms with E-state index in [1.807, 2.05) is 0 Å². The van der Waals surface area contributed by atoms with Crippen molar-refractivity contribution in [2.45, 2.75) is 32.4 Å². The molecule has 1 aromatic rings. The first-order chi connectivity index (χ1) is 9.74. The number of nitrogens with one attached hydrogen (secondary N) is 1. The fourth-order valence-corrected chi connectivity index (χ4v) is 1.84. The molecule has 0 saturated heterocycles. The molecule has 1 rings (SSSR count). The van der Waals surface area contributed by atoms with E-state index in [4.69, 9.17) is 5.11 Å². The molecule has 0 spiro atoms. The number of amides is 1. The topological polar surface area (TPSA) is 49.3 Å². The van der Waals surface area contributed by atoms with Gasteiger partial charge < -0.3 is 10.4 Å². The van der Waals surface area contributed by atoms with E-state index in [0.717, 1.165) is 12.1 Å². The Bertz CT molecular complexity index is 474. The number of aliphatic hydroxyl groups is 1. The summed E-state index contributed by atoms with van der Waals surface area (Å²) in [6, 6.07) is 5.03. The lowest BCUT2D eigenvalue weighted by molar-refractivity contribution is -0.137. The van der Waals surface area contributed by atoms with Crippen LogP contribution < -0.4 is 5.32 Å². The van der Waals surface area contributed by atoms with Gasteiger partial charge in [-0.05, 0) is 23.5 Å². The molecule has 0 aliphatic rings. The van der Waals surface area contributed by atoms with E-state index in [9.17, 15) is 18.0 Å². The fraction of sp³-hybridized carbons (Fsp3) is 0.533. The molecule has 0 fully saturated rings. The van der Waals surface area contributed by atoms with Crippen molar-refractivity contribution >= 4 is 5.91 Å². The molecule has 3 nitrogen and oxygen atoms in total. The second-order valence-electron chi connectivity index (χ2n) is 5.32. The van der Waals surface area contributed by atoms with E-state index in [1.165, 1.54) is 6.07 Å². The predicted molar refractivity (Wildman–Crippen MR) is 73.7 cm³/mol. The maximum Gasteiger partial charge on any atom is 0.416 e. The maximum atomic E-state index is 12.6. The van der Waals surface area contributed by atoms with Crippen molar-refractivity contribution < 1.29 is 23.1 Å². The zero-order chi connectivity index (χ0) is 16.0. The molecule has 0 saturated carbocycles. The average Bonchev–Trinajstić information content (AvgIpc) is 2.43. The third kappa shape index (κ3) is 5.75. The zero-order valence-corrected chi connectivity index (χ0v) is 12.1. The molecule has 2 unspecified atom stereocenters. The Hall–Kier alpha value is -1.56. The minimum Gasteiger partial charge on any atom is -0.396 e. The summed E-state index contributed by atoms with van der Waals surface area (Å²) in [6.07, 6.45) is -4.27. The van der Waals surface area contributed by atoms with Crippen molar-refractivity contribution in [1.29, 1.82) is 0 Å². The van der Waals surface area contributed by atoms with Gasteiger partial charge in [0.15, 0.2) is 0 Å². The van der Waals surface area contributed by atoms with Crippen molar-refractivity contribution in [2.24, 2.45) is 5.92 Å². The molecule has 0 heterocycles. The zero-order valence-electron chi connectivity index (χ0n) is 12.1. The quantitative estimate of drug-likeness (QED) is 0.849. The van der Waals surface area contributed by atoms with Gasteiger partial charge in [0.2, 0.25) is 5.91 Å². The Morgan fingerprint density at radius 1 is 1.33 bits per heavy atom. The summed E-state index contributed by atoms with van der Waals surface area (Å²) in [7, 11) is 0. The summed E-state index contributed by atoms with van der Waals surface area (Å²) < 4.78 is 37.9. The number of carbonyl (C=O) groups is 1. The Kier molecular flexibility index (Phi) is 6.20. The van der Waals surface area contributed by atoms with Gasteiger partial charge in [0.05, 0.1) is 5.56 Å². The molecule has 118 valence electrons. The van der Waals surface area contributed by atoms with Crippen LogP contribution in [0.3, 0.4) is 0 Å². The van der Waals surface area contributed by atoms with Crippen LogP contribution >= 0.6 is 0 Å². The van der Waals surface area contributed by atoms with E-state index in [2.05, 4.69) is 5.32 Å². The Morgan fingerprint density at radius 3 is 2.57 bits per heavy atom. The lowest BCUT2D eigenvalue weighted by Gasteiger charge is -2.15. The minimum absolute atomic E-state index is 0.0243. The van der Waals surface area contributed by atoms with Crippen LogP contribution in [0.4, 0.5) is 13.2 Å². The van der Waals surface area contributed by atoms with Crippen molar-refractivity contribution in [3.63, 3.8) is 0 Å². The van der Waals surface area contributed by atoms with Crippen LogP contribution in [-0.4, -0.2) is 24.2 Å². The molecule has 21 heavy (non-hydrogen) atoms. The lowest BCUT2D eigenvalue weighted by Crippen LogP contribution is -2.30. The summed E-state index contributed by atoms with van der Waals surface area (Å²) in [6.45, 7) is 3.83. The van der Waals surface area contributed by atoms with Gasteiger partial charge in [-0.15, -0.1) is 0 Å².